The van der Waals surface area contributed by atoms with Gasteiger partial charge in [0.1, 0.15) is 5.75 Å². The molecule has 1 aromatic heterocycles. The number of rotatable bonds is 9. The van der Waals surface area contributed by atoms with Gasteiger partial charge >= 0.3 is 0 Å². The van der Waals surface area contributed by atoms with E-state index in [0.717, 1.165) is 16.8 Å². The lowest BCUT2D eigenvalue weighted by molar-refractivity contribution is -0.119. The number of anilines is 2. The minimum absolute atomic E-state index is 0.0902. The number of hydrogen-bond donors (Lipinski definition) is 2. The number of benzene rings is 2. The summed E-state index contributed by atoms with van der Waals surface area (Å²) in [4.78, 5) is 31.4. The van der Waals surface area contributed by atoms with Crippen LogP contribution in [0.5, 0.6) is 5.75 Å². The first-order valence-corrected chi connectivity index (χ1v) is 11.7. The van der Waals surface area contributed by atoms with Gasteiger partial charge < -0.3 is 15.4 Å². The third kappa shape index (κ3) is 6.40. The fourth-order valence-corrected chi connectivity index (χ4v) is 4.20. The smallest absolute Gasteiger partial charge is 0.240 e. The number of nitrogens with one attached hydrogen (secondary N) is 2. The Morgan fingerprint density at radius 3 is 2.36 bits per heavy atom. The van der Waals surface area contributed by atoms with E-state index < -0.39 is 0 Å². The number of methoxy groups -OCH3 is 1. The molecule has 0 aliphatic carbocycles. The van der Waals surface area contributed by atoms with E-state index in [2.05, 4.69) is 48.5 Å². The molecular formula is C25H30N4O3S. The van der Waals surface area contributed by atoms with Crippen LogP contribution in [0.1, 0.15) is 23.6 Å². The lowest BCUT2D eigenvalue weighted by Crippen LogP contribution is -2.38. The highest BCUT2D eigenvalue weighted by Gasteiger charge is 2.16. The van der Waals surface area contributed by atoms with Gasteiger partial charge in [0, 0.05) is 10.9 Å². The van der Waals surface area contributed by atoms with Crippen molar-refractivity contribution in [3.8, 4) is 17.0 Å². The van der Waals surface area contributed by atoms with Crippen molar-refractivity contribution in [3.63, 3.8) is 0 Å². The Kier molecular flexibility index (Phi) is 8.19. The highest BCUT2D eigenvalue weighted by molar-refractivity contribution is 7.14. The summed E-state index contributed by atoms with van der Waals surface area (Å²) in [5.74, 6) is 0.167. The number of aromatic nitrogens is 1. The summed E-state index contributed by atoms with van der Waals surface area (Å²) in [5.41, 5.74) is 6.12. The largest absolute Gasteiger partial charge is 0.495 e. The molecule has 3 rings (SSSR count). The van der Waals surface area contributed by atoms with Crippen LogP contribution in [-0.4, -0.2) is 48.4 Å². The van der Waals surface area contributed by atoms with Crippen LogP contribution in [0.15, 0.2) is 41.8 Å². The van der Waals surface area contributed by atoms with E-state index in [1.165, 1.54) is 22.5 Å². The Morgan fingerprint density at radius 2 is 1.67 bits per heavy atom. The first-order chi connectivity index (χ1) is 15.8. The van der Waals surface area contributed by atoms with Crippen molar-refractivity contribution in [2.45, 2.75) is 27.7 Å². The third-order valence-corrected chi connectivity index (χ3v) is 6.19. The first kappa shape index (κ1) is 24.4. The van der Waals surface area contributed by atoms with Crippen molar-refractivity contribution in [2.75, 3.05) is 37.4 Å². The van der Waals surface area contributed by atoms with Crippen LogP contribution in [0.25, 0.3) is 11.3 Å². The maximum Gasteiger partial charge on any atom is 0.240 e. The fraction of sp³-hybridized carbons (Fsp3) is 0.320. The molecule has 2 aromatic carbocycles. The summed E-state index contributed by atoms with van der Waals surface area (Å²) in [6, 6.07) is 11.5. The number of carbonyl (C=O) groups excluding carboxylic acids is 2. The normalized spacial score (nSPS) is 10.8. The van der Waals surface area contributed by atoms with E-state index >= 15 is 0 Å². The molecular weight excluding hydrogens is 436 g/mol. The van der Waals surface area contributed by atoms with Crippen LogP contribution in [0.2, 0.25) is 0 Å². The van der Waals surface area contributed by atoms with Gasteiger partial charge in [-0.15, -0.1) is 11.3 Å². The van der Waals surface area contributed by atoms with Crippen molar-refractivity contribution in [2.24, 2.45) is 0 Å². The summed E-state index contributed by atoms with van der Waals surface area (Å²) in [5, 5.41) is 8.19. The minimum Gasteiger partial charge on any atom is -0.495 e. The standard InChI is InChI=1S/C25H30N4O3S/c1-6-29(13-23(30)26-20-9-7-8-10-22(20)32-5)14-24(31)28-25-27-21(15-33-25)19-12-17(3)16(2)11-18(19)4/h7-12,15H,6,13-14H2,1-5H3,(H,26,30)(H,27,28,31). The zero-order valence-electron chi connectivity index (χ0n) is 19.7. The second kappa shape index (κ2) is 11.1. The van der Waals surface area contributed by atoms with Crippen molar-refractivity contribution in [1.82, 2.24) is 9.88 Å². The Hall–Kier alpha value is -3.23. The van der Waals surface area contributed by atoms with E-state index in [0.29, 0.717) is 23.1 Å². The Morgan fingerprint density at radius 1 is 1.00 bits per heavy atom. The summed E-state index contributed by atoms with van der Waals surface area (Å²) in [6.45, 7) is 8.88. The second-order valence-corrected chi connectivity index (χ2v) is 8.75. The number of ether oxygens (including phenoxy) is 1. The molecule has 0 saturated carbocycles. The molecule has 174 valence electrons. The van der Waals surface area contributed by atoms with E-state index in [-0.39, 0.29) is 24.9 Å². The van der Waals surface area contributed by atoms with Crippen LogP contribution >= 0.6 is 11.3 Å². The van der Waals surface area contributed by atoms with Gasteiger partial charge in [-0.1, -0.05) is 25.1 Å². The number of aryl methyl sites for hydroxylation is 3. The van der Waals surface area contributed by atoms with Gasteiger partial charge in [0.25, 0.3) is 0 Å². The maximum atomic E-state index is 12.6. The molecule has 0 unspecified atom stereocenters. The van der Waals surface area contributed by atoms with Crippen molar-refractivity contribution in [1.29, 1.82) is 0 Å². The van der Waals surface area contributed by atoms with Gasteiger partial charge in [-0.3, -0.25) is 14.5 Å². The van der Waals surface area contributed by atoms with Gasteiger partial charge in [0.15, 0.2) is 5.13 Å². The van der Waals surface area contributed by atoms with Crippen LogP contribution < -0.4 is 15.4 Å². The molecule has 2 amide bonds. The number of hydrogen-bond acceptors (Lipinski definition) is 6. The number of amides is 2. The molecule has 0 saturated heterocycles. The molecule has 0 bridgehead atoms. The van der Waals surface area contributed by atoms with Crippen LogP contribution in [-0.2, 0) is 9.59 Å². The summed E-state index contributed by atoms with van der Waals surface area (Å²) in [6.07, 6.45) is 0. The highest BCUT2D eigenvalue weighted by atomic mass is 32.1. The van der Waals surface area contributed by atoms with Crippen molar-refractivity contribution < 1.29 is 14.3 Å². The van der Waals surface area contributed by atoms with Gasteiger partial charge in [-0.05, 0) is 62.2 Å². The molecule has 7 nitrogen and oxygen atoms in total. The summed E-state index contributed by atoms with van der Waals surface area (Å²) >= 11 is 1.39. The Balaban J connectivity index is 1.58. The average Bonchev–Trinajstić information content (AvgIpc) is 3.24. The van der Waals surface area contributed by atoms with Gasteiger partial charge in [0.2, 0.25) is 11.8 Å². The molecule has 0 atom stereocenters. The molecule has 0 fully saturated rings. The molecule has 0 spiro atoms. The lowest BCUT2D eigenvalue weighted by Gasteiger charge is -2.19. The first-order valence-electron chi connectivity index (χ1n) is 10.8. The topological polar surface area (TPSA) is 83.6 Å². The van der Waals surface area contributed by atoms with E-state index in [1.54, 1.807) is 24.1 Å². The SMILES string of the molecule is CCN(CC(=O)Nc1nc(-c2cc(C)c(C)cc2C)cs1)CC(=O)Nc1ccccc1OC. The summed E-state index contributed by atoms with van der Waals surface area (Å²) < 4.78 is 5.26. The number of nitrogens with zero attached hydrogens (tertiary/aromatic N) is 2. The van der Waals surface area contributed by atoms with E-state index in [4.69, 9.17) is 4.74 Å². The molecule has 0 aliphatic heterocycles. The number of carbonyl (C=O) groups is 2. The molecule has 3 aromatic rings. The Labute approximate surface area is 198 Å². The summed E-state index contributed by atoms with van der Waals surface area (Å²) in [7, 11) is 1.55. The molecule has 8 heteroatoms. The maximum absolute atomic E-state index is 12.6. The number of likely N-dealkylation sites (N-methyl/N-ethyl adjacent to an activating group) is 1. The van der Waals surface area contributed by atoms with Crippen molar-refractivity contribution >= 4 is 34.0 Å². The van der Waals surface area contributed by atoms with Gasteiger partial charge in [-0.25, -0.2) is 4.98 Å². The monoisotopic (exact) mass is 466 g/mol. The predicted molar refractivity (Wildman–Crippen MR) is 134 cm³/mol. The zero-order valence-corrected chi connectivity index (χ0v) is 20.5. The lowest BCUT2D eigenvalue weighted by atomic mass is 9.99. The second-order valence-electron chi connectivity index (χ2n) is 7.89. The van der Waals surface area contributed by atoms with E-state index in [1.807, 2.05) is 24.4 Å². The number of para-hydroxylation sites is 2. The number of thiazole rings is 1. The Bertz CT molecular complexity index is 1140. The molecule has 33 heavy (non-hydrogen) atoms. The fourth-order valence-electron chi connectivity index (χ4n) is 3.47. The van der Waals surface area contributed by atoms with Crippen LogP contribution in [0.3, 0.4) is 0 Å². The minimum atomic E-state index is -0.212. The van der Waals surface area contributed by atoms with Crippen LogP contribution in [0, 0.1) is 20.8 Å². The van der Waals surface area contributed by atoms with Gasteiger partial charge in [-0.2, -0.15) is 0 Å². The highest BCUT2D eigenvalue weighted by Crippen LogP contribution is 2.29. The van der Waals surface area contributed by atoms with Crippen LogP contribution in [0.4, 0.5) is 10.8 Å². The third-order valence-electron chi connectivity index (χ3n) is 5.43. The molecule has 0 radical (unpaired) electrons. The van der Waals surface area contributed by atoms with E-state index in [9.17, 15) is 9.59 Å². The quantitative estimate of drug-likeness (QED) is 0.480. The molecule has 0 aliphatic rings. The van der Waals surface area contributed by atoms with Gasteiger partial charge in [0.05, 0.1) is 31.6 Å². The average molecular weight is 467 g/mol. The van der Waals surface area contributed by atoms with Crippen molar-refractivity contribution in [3.05, 3.63) is 58.5 Å². The molecule has 2 N–H and O–H groups in total. The molecule has 1 heterocycles. The zero-order chi connectivity index (χ0) is 24.0. The predicted octanol–water partition coefficient (Wildman–Crippen LogP) is 4.64.